The van der Waals surface area contributed by atoms with Crippen molar-refractivity contribution in [3.8, 4) is 0 Å². The number of nitrogens with zero attached hydrogens (tertiary/aromatic N) is 1. The molecule has 1 fully saturated rings. The van der Waals surface area contributed by atoms with Gasteiger partial charge in [-0.3, -0.25) is 4.21 Å². The van der Waals surface area contributed by atoms with Crippen LogP contribution in [0.5, 0.6) is 0 Å². The summed E-state index contributed by atoms with van der Waals surface area (Å²) in [6.45, 7) is 4.58. The lowest BCUT2D eigenvalue weighted by Crippen LogP contribution is -2.54. The molecule has 13 heavy (non-hydrogen) atoms. The van der Waals surface area contributed by atoms with E-state index in [9.17, 15) is 4.21 Å². The number of hydrogen-bond acceptors (Lipinski definition) is 1. The third-order valence-electron chi connectivity index (χ3n) is 3.09. The Labute approximate surface area is 84.4 Å². The average molecular weight is 204 g/mol. The molecule has 1 heterocycles. The minimum absolute atomic E-state index is 0.425. The first-order chi connectivity index (χ1) is 5.94. The van der Waals surface area contributed by atoms with Gasteiger partial charge in [-0.05, 0) is 12.8 Å². The van der Waals surface area contributed by atoms with Gasteiger partial charge in [0.2, 0.25) is 0 Å². The van der Waals surface area contributed by atoms with Crippen LogP contribution in [0.25, 0.3) is 0 Å². The van der Waals surface area contributed by atoms with E-state index < -0.39 is 10.8 Å². The maximum atomic E-state index is 11.4. The molecule has 0 aromatic carbocycles. The zero-order chi connectivity index (χ0) is 10.1. The molecule has 0 amide bonds. The molecule has 0 aliphatic carbocycles. The Morgan fingerprint density at radius 2 is 2.00 bits per heavy atom. The quantitative estimate of drug-likeness (QED) is 0.619. The van der Waals surface area contributed by atoms with Crippen LogP contribution in [0.4, 0.5) is 0 Å². The third-order valence-corrected chi connectivity index (χ3v) is 4.37. The Bertz CT molecular complexity index is 203. The van der Waals surface area contributed by atoms with E-state index in [4.69, 9.17) is 0 Å². The SMILES string of the molecule is CCC1CC(S(C)=O)C[N+](C)(C)C1. The third kappa shape index (κ3) is 3.06. The van der Waals surface area contributed by atoms with Crippen molar-refractivity contribution in [2.24, 2.45) is 5.92 Å². The van der Waals surface area contributed by atoms with Crippen LogP contribution in [0.1, 0.15) is 19.8 Å². The van der Waals surface area contributed by atoms with Crippen molar-refractivity contribution in [2.75, 3.05) is 33.4 Å². The zero-order valence-electron chi connectivity index (χ0n) is 9.25. The summed E-state index contributed by atoms with van der Waals surface area (Å²) in [5.41, 5.74) is 0. The fourth-order valence-corrected chi connectivity index (χ4v) is 3.54. The molecule has 3 heteroatoms. The normalized spacial score (nSPS) is 35.7. The van der Waals surface area contributed by atoms with Crippen LogP contribution in [-0.2, 0) is 10.8 Å². The molecule has 0 saturated carbocycles. The van der Waals surface area contributed by atoms with Gasteiger partial charge in [0.25, 0.3) is 0 Å². The second kappa shape index (κ2) is 4.09. The van der Waals surface area contributed by atoms with Crippen LogP contribution in [0, 0.1) is 5.92 Å². The van der Waals surface area contributed by atoms with E-state index in [-0.39, 0.29) is 0 Å². The standard InChI is InChI=1S/C10H22NOS/c1-5-9-6-10(13(4)12)8-11(2,3)7-9/h9-10H,5-8H2,1-4H3/q+1. The maximum Gasteiger partial charge on any atom is 0.0928 e. The predicted octanol–water partition coefficient (Wildman–Crippen LogP) is 1.24. The van der Waals surface area contributed by atoms with Crippen molar-refractivity contribution in [3.63, 3.8) is 0 Å². The summed E-state index contributed by atoms with van der Waals surface area (Å²) in [5.74, 6) is 0.776. The molecule has 2 nitrogen and oxygen atoms in total. The van der Waals surface area contributed by atoms with Gasteiger partial charge in [-0.2, -0.15) is 0 Å². The van der Waals surface area contributed by atoms with Gasteiger partial charge < -0.3 is 4.48 Å². The Morgan fingerprint density at radius 3 is 2.46 bits per heavy atom. The maximum absolute atomic E-state index is 11.4. The van der Waals surface area contributed by atoms with Gasteiger partial charge >= 0.3 is 0 Å². The zero-order valence-corrected chi connectivity index (χ0v) is 10.1. The second-order valence-electron chi connectivity index (χ2n) is 4.93. The summed E-state index contributed by atoms with van der Waals surface area (Å²) in [4.78, 5) is 0. The molecular formula is C10H22NOS+. The van der Waals surface area contributed by atoms with Crippen molar-refractivity contribution in [1.29, 1.82) is 0 Å². The van der Waals surface area contributed by atoms with Gasteiger partial charge in [-0.15, -0.1) is 0 Å². The van der Waals surface area contributed by atoms with E-state index in [1.54, 1.807) is 0 Å². The highest BCUT2D eigenvalue weighted by molar-refractivity contribution is 7.84. The number of quaternary nitrogens is 1. The molecule has 0 aromatic rings. The molecular weight excluding hydrogens is 182 g/mol. The van der Waals surface area contributed by atoms with Gasteiger partial charge in [-0.1, -0.05) is 6.92 Å². The number of piperidine rings is 1. The van der Waals surface area contributed by atoms with Gasteiger partial charge in [-0.25, -0.2) is 0 Å². The lowest BCUT2D eigenvalue weighted by molar-refractivity contribution is -0.897. The van der Waals surface area contributed by atoms with Crippen molar-refractivity contribution in [1.82, 2.24) is 0 Å². The van der Waals surface area contributed by atoms with Crippen LogP contribution in [-0.4, -0.2) is 47.4 Å². The van der Waals surface area contributed by atoms with Crippen molar-refractivity contribution < 1.29 is 8.69 Å². The Hall–Kier alpha value is 0.110. The Morgan fingerprint density at radius 1 is 1.38 bits per heavy atom. The van der Waals surface area contributed by atoms with Gasteiger partial charge in [0.15, 0.2) is 0 Å². The highest BCUT2D eigenvalue weighted by Gasteiger charge is 2.34. The Balaban J connectivity index is 2.65. The Kier molecular flexibility index (Phi) is 3.52. The average Bonchev–Trinajstić information content (AvgIpc) is 2.01. The molecule has 1 saturated heterocycles. The minimum atomic E-state index is -0.637. The summed E-state index contributed by atoms with van der Waals surface area (Å²) >= 11 is 0. The molecule has 0 aromatic heterocycles. The molecule has 1 aliphatic rings. The number of likely N-dealkylation sites (tertiary alicyclic amines) is 1. The lowest BCUT2D eigenvalue weighted by atomic mass is 9.94. The number of hydrogen-bond donors (Lipinski definition) is 0. The van der Waals surface area contributed by atoms with Gasteiger partial charge in [0.05, 0.1) is 32.4 Å². The summed E-state index contributed by atoms with van der Waals surface area (Å²) < 4.78 is 12.5. The monoisotopic (exact) mass is 204 g/mol. The fourth-order valence-electron chi connectivity index (χ4n) is 2.38. The number of rotatable bonds is 2. The lowest BCUT2D eigenvalue weighted by Gasteiger charge is -2.41. The molecule has 1 rings (SSSR count). The van der Waals surface area contributed by atoms with Crippen molar-refractivity contribution >= 4 is 10.8 Å². The second-order valence-corrected chi connectivity index (χ2v) is 6.60. The van der Waals surface area contributed by atoms with E-state index in [2.05, 4.69) is 21.0 Å². The predicted molar refractivity (Wildman–Crippen MR) is 58.1 cm³/mol. The van der Waals surface area contributed by atoms with Crippen LogP contribution >= 0.6 is 0 Å². The van der Waals surface area contributed by atoms with E-state index >= 15 is 0 Å². The van der Waals surface area contributed by atoms with E-state index in [0.717, 1.165) is 16.9 Å². The first-order valence-electron chi connectivity index (χ1n) is 5.09. The molecule has 0 radical (unpaired) electrons. The topological polar surface area (TPSA) is 17.1 Å². The van der Waals surface area contributed by atoms with Crippen molar-refractivity contribution in [2.45, 2.75) is 25.0 Å². The van der Waals surface area contributed by atoms with Gasteiger partial charge in [0, 0.05) is 23.0 Å². The summed E-state index contributed by atoms with van der Waals surface area (Å²) in [6.07, 6.45) is 4.25. The molecule has 0 bridgehead atoms. The molecule has 3 unspecified atom stereocenters. The molecule has 0 N–H and O–H groups in total. The first-order valence-corrected chi connectivity index (χ1v) is 6.71. The highest BCUT2D eigenvalue weighted by Crippen LogP contribution is 2.25. The van der Waals surface area contributed by atoms with Crippen LogP contribution in [0.3, 0.4) is 0 Å². The largest absolute Gasteiger partial charge is 0.327 e. The van der Waals surface area contributed by atoms with Crippen LogP contribution in [0.15, 0.2) is 0 Å². The van der Waals surface area contributed by atoms with Gasteiger partial charge in [0.1, 0.15) is 0 Å². The summed E-state index contributed by atoms with van der Waals surface area (Å²) in [5, 5.41) is 0.425. The van der Waals surface area contributed by atoms with Crippen LogP contribution in [0.2, 0.25) is 0 Å². The highest BCUT2D eigenvalue weighted by atomic mass is 32.2. The van der Waals surface area contributed by atoms with E-state index in [1.807, 2.05) is 6.26 Å². The summed E-state index contributed by atoms with van der Waals surface area (Å²) in [6, 6.07) is 0. The smallest absolute Gasteiger partial charge is 0.0928 e. The van der Waals surface area contributed by atoms with E-state index in [1.165, 1.54) is 19.4 Å². The first kappa shape index (κ1) is 11.2. The van der Waals surface area contributed by atoms with Crippen LogP contribution < -0.4 is 0 Å². The fraction of sp³-hybridized carbons (Fsp3) is 1.00. The van der Waals surface area contributed by atoms with E-state index in [0.29, 0.717) is 5.25 Å². The molecule has 1 aliphatic heterocycles. The summed E-state index contributed by atoms with van der Waals surface area (Å²) in [7, 11) is 3.87. The molecule has 0 spiro atoms. The molecule has 3 atom stereocenters. The van der Waals surface area contributed by atoms with Crippen molar-refractivity contribution in [3.05, 3.63) is 0 Å². The minimum Gasteiger partial charge on any atom is -0.327 e. The molecule has 78 valence electrons.